The van der Waals surface area contributed by atoms with Gasteiger partial charge >= 0.3 is 5.97 Å². The highest BCUT2D eigenvalue weighted by atomic mass is 16.4. The molecule has 1 atom stereocenters. The summed E-state index contributed by atoms with van der Waals surface area (Å²) in [4.78, 5) is 24.9. The fraction of sp³-hybridized carbons (Fsp3) is 0.467. The van der Waals surface area contributed by atoms with E-state index in [4.69, 9.17) is 5.11 Å². The monoisotopic (exact) mass is 276 g/mol. The van der Waals surface area contributed by atoms with Gasteiger partial charge in [-0.15, -0.1) is 0 Å². The van der Waals surface area contributed by atoms with Crippen LogP contribution in [-0.4, -0.2) is 36.1 Å². The van der Waals surface area contributed by atoms with Gasteiger partial charge in [0, 0.05) is 12.2 Å². The first-order valence-corrected chi connectivity index (χ1v) is 6.91. The standard InChI is InChI=1S/C15H20N2O3/c1-11-4-6-12(7-5-11)17(10-8-14(18)19)15(20)13-3-2-9-16-13/h4-7,13,16H,2-3,8-10H2,1H3,(H,18,19)/t13-/m1/s1. The summed E-state index contributed by atoms with van der Waals surface area (Å²) in [6.07, 6.45) is 1.75. The average Bonchev–Trinajstić information content (AvgIpc) is 2.94. The maximum atomic E-state index is 12.5. The SMILES string of the molecule is Cc1ccc(N(CCC(=O)O)C(=O)[C@H]2CCCN2)cc1. The van der Waals surface area contributed by atoms with Gasteiger partial charge in [0.2, 0.25) is 5.91 Å². The van der Waals surface area contributed by atoms with Crippen molar-refractivity contribution in [3.8, 4) is 0 Å². The number of aliphatic carboxylic acids is 1. The predicted octanol–water partition coefficient (Wildman–Crippen LogP) is 1.55. The minimum Gasteiger partial charge on any atom is -0.481 e. The van der Waals surface area contributed by atoms with Gasteiger partial charge in [-0.2, -0.15) is 0 Å². The highest BCUT2D eigenvalue weighted by molar-refractivity contribution is 5.97. The van der Waals surface area contributed by atoms with E-state index in [1.807, 2.05) is 31.2 Å². The molecule has 0 unspecified atom stereocenters. The molecule has 5 heteroatoms. The van der Waals surface area contributed by atoms with Crippen molar-refractivity contribution in [2.24, 2.45) is 0 Å². The number of carboxylic acid groups (broad SMARTS) is 1. The van der Waals surface area contributed by atoms with Crippen molar-refractivity contribution >= 4 is 17.6 Å². The zero-order chi connectivity index (χ0) is 14.5. The Morgan fingerprint density at radius 2 is 2.05 bits per heavy atom. The molecule has 1 aromatic rings. The van der Waals surface area contributed by atoms with E-state index in [0.29, 0.717) is 0 Å². The highest BCUT2D eigenvalue weighted by Crippen LogP contribution is 2.19. The van der Waals surface area contributed by atoms with Gasteiger partial charge in [0.25, 0.3) is 0 Å². The number of hydrogen-bond donors (Lipinski definition) is 2. The van der Waals surface area contributed by atoms with E-state index < -0.39 is 5.97 Å². The van der Waals surface area contributed by atoms with Gasteiger partial charge in [-0.05, 0) is 38.4 Å². The lowest BCUT2D eigenvalue weighted by Gasteiger charge is -2.25. The lowest BCUT2D eigenvalue weighted by atomic mass is 10.1. The van der Waals surface area contributed by atoms with Crippen LogP contribution in [0.25, 0.3) is 0 Å². The molecule has 2 N–H and O–H groups in total. The summed E-state index contributed by atoms with van der Waals surface area (Å²) in [7, 11) is 0. The Bertz CT molecular complexity index is 478. The van der Waals surface area contributed by atoms with Crippen LogP contribution in [0.15, 0.2) is 24.3 Å². The number of nitrogens with zero attached hydrogens (tertiary/aromatic N) is 1. The number of carbonyl (C=O) groups excluding carboxylic acids is 1. The van der Waals surface area contributed by atoms with E-state index in [2.05, 4.69) is 5.32 Å². The Morgan fingerprint density at radius 1 is 1.35 bits per heavy atom. The Hall–Kier alpha value is -1.88. The van der Waals surface area contributed by atoms with Crippen LogP contribution in [0.3, 0.4) is 0 Å². The number of carboxylic acids is 1. The van der Waals surface area contributed by atoms with Crippen LogP contribution in [0, 0.1) is 6.92 Å². The molecule has 2 rings (SSSR count). The van der Waals surface area contributed by atoms with E-state index in [1.54, 1.807) is 4.90 Å². The van der Waals surface area contributed by atoms with E-state index in [0.717, 1.165) is 30.6 Å². The molecule has 1 saturated heterocycles. The summed E-state index contributed by atoms with van der Waals surface area (Å²) in [6.45, 7) is 3.03. The lowest BCUT2D eigenvalue weighted by molar-refractivity contribution is -0.136. The van der Waals surface area contributed by atoms with Crippen molar-refractivity contribution in [1.29, 1.82) is 0 Å². The zero-order valence-electron chi connectivity index (χ0n) is 11.6. The molecule has 20 heavy (non-hydrogen) atoms. The number of hydrogen-bond acceptors (Lipinski definition) is 3. The molecule has 0 aliphatic carbocycles. The molecule has 0 bridgehead atoms. The average molecular weight is 276 g/mol. The fourth-order valence-electron chi connectivity index (χ4n) is 2.38. The molecule has 1 fully saturated rings. The molecule has 1 aliphatic rings. The Morgan fingerprint density at radius 3 is 2.60 bits per heavy atom. The van der Waals surface area contributed by atoms with Crippen molar-refractivity contribution in [2.75, 3.05) is 18.0 Å². The van der Waals surface area contributed by atoms with E-state index in [-0.39, 0.29) is 24.9 Å². The molecule has 5 nitrogen and oxygen atoms in total. The largest absolute Gasteiger partial charge is 0.481 e. The fourth-order valence-corrected chi connectivity index (χ4v) is 2.38. The summed E-state index contributed by atoms with van der Waals surface area (Å²) in [5.74, 6) is -0.929. The van der Waals surface area contributed by atoms with Gasteiger partial charge in [-0.1, -0.05) is 17.7 Å². The van der Waals surface area contributed by atoms with Crippen LogP contribution in [0.2, 0.25) is 0 Å². The highest BCUT2D eigenvalue weighted by Gasteiger charge is 2.27. The van der Waals surface area contributed by atoms with Gasteiger partial charge in [-0.3, -0.25) is 9.59 Å². The Labute approximate surface area is 118 Å². The molecule has 0 aromatic heterocycles. The van der Waals surface area contributed by atoms with Gasteiger partial charge in [0.15, 0.2) is 0 Å². The topological polar surface area (TPSA) is 69.6 Å². The van der Waals surface area contributed by atoms with Gasteiger partial charge in [0.05, 0.1) is 12.5 Å². The molecular formula is C15H20N2O3. The molecular weight excluding hydrogens is 256 g/mol. The molecule has 1 aromatic carbocycles. The predicted molar refractivity (Wildman–Crippen MR) is 76.8 cm³/mol. The van der Waals surface area contributed by atoms with Crippen molar-refractivity contribution in [3.05, 3.63) is 29.8 Å². The summed E-state index contributed by atoms with van der Waals surface area (Å²) >= 11 is 0. The van der Waals surface area contributed by atoms with Crippen molar-refractivity contribution in [1.82, 2.24) is 5.32 Å². The van der Waals surface area contributed by atoms with Gasteiger partial charge in [-0.25, -0.2) is 0 Å². The Balaban J connectivity index is 2.16. The van der Waals surface area contributed by atoms with Crippen molar-refractivity contribution < 1.29 is 14.7 Å². The van der Waals surface area contributed by atoms with Crippen molar-refractivity contribution in [2.45, 2.75) is 32.2 Å². The smallest absolute Gasteiger partial charge is 0.305 e. The zero-order valence-corrected chi connectivity index (χ0v) is 11.6. The van der Waals surface area contributed by atoms with E-state index in [1.165, 1.54) is 0 Å². The summed E-state index contributed by atoms with van der Waals surface area (Å²) in [5, 5.41) is 12.0. The second-order valence-electron chi connectivity index (χ2n) is 5.12. The summed E-state index contributed by atoms with van der Waals surface area (Å²) in [6, 6.07) is 7.40. The maximum Gasteiger partial charge on any atom is 0.305 e. The number of carbonyl (C=O) groups is 2. The summed E-state index contributed by atoms with van der Waals surface area (Å²) in [5.41, 5.74) is 1.87. The molecule has 0 saturated carbocycles. The Kier molecular flexibility index (Phi) is 4.74. The first kappa shape index (κ1) is 14.5. The van der Waals surface area contributed by atoms with Crippen molar-refractivity contribution in [3.63, 3.8) is 0 Å². The first-order valence-electron chi connectivity index (χ1n) is 6.91. The van der Waals surface area contributed by atoms with Crippen LogP contribution < -0.4 is 10.2 Å². The quantitative estimate of drug-likeness (QED) is 0.856. The third kappa shape index (κ3) is 3.57. The number of amides is 1. The first-order chi connectivity index (χ1) is 9.58. The number of aryl methyl sites for hydroxylation is 1. The normalized spacial score (nSPS) is 17.9. The molecule has 0 spiro atoms. The second kappa shape index (κ2) is 6.52. The number of rotatable bonds is 5. The molecule has 1 amide bonds. The maximum absolute atomic E-state index is 12.5. The van der Waals surface area contributed by atoms with E-state index in [9.17, 15) is 9.59 Å². The van der Waals surface area contributed by atoms with Crippen LogP contribution in [0.1, 0.15) is 24.8 Å². The minimum absolute atomic E-state index is 0.0346. The number of benzene rings is 1. The van der Waals surface area contributed by atoms with Crippen LogP contribution >= 0.6 is 0 Å². The third-order valence-electron chi connectivity index (χ3n) is 3.52. The molecule has 1 aliphatic heterocycles. The van der Waals surface area contributed by atoms with E-state index >= 15 is 0 Å². The number of nitrogens with one attached hydrogen (secondary N) is 1. The molecule has 0 radical (unpaired) electrons. The van der Waals surface area contributed by atoms with Gasteiger partial charge < -0.3 is 15.3 Å². The molecule has 1 heterocycles. The minimum atomic E-state index is -0.894. The van der Waals surface area contributed by atoms with Crippen LogP contribution in [0.5, 0.6) is 0 Å². The third-order valence-corrected chi connectivity index (χ3v) is 3.52. The summed E-state index contributed by atoms with van der Waals surface area (Å²) < 4.78 is 0. The second-order valence-corrected chi connectivity index (χ2v) is 5.12. The number of anilines is 1. The van der Waals surface area contributed by atoms with Gasteiger partial charge in [0.1, 0.15) is 0 Å². The lowest BCUT2D eigenvalue weighted by Crippen LogP contribution is -2.44. The van der Waals surface area contributed by atoms with Crippen LogP contribution in [0.4, 0.5) is 5.69 Å². The van der Waals surface area contributed by atoms with Crippen LogP contribution in [-0.2, 0) is 9.59 Å². The molecule has 108 valence electrons.